The molecule has 1 aromatic heterocycles. The maximum Gasteiger partial charge on any atom is 0.263 e. The lowest BCUT2D eigenvalue weighted by atomic mass is 10.1. The highest BCUT2D eigenvalue weighted by Crippen LogP contribution is 2.24. The molecular weight excluding hydrogens is 284 g/mol. The van der Waals surface area contributed by atoms with Crippen LogP contribution in [0.1, 0.15) is 39.9 Å². The van der Waals surface area contributed by atoms with Crippen LogP contribution in [0.25, 0.3) is 0 Å². The molecule has 2 heterocycles. The molecule has 0 bridgehead atoms. The lowest BCUT2D eigenvalue weighted by Gasteiger charge is -2.31. The van der Waals surface area contributed by atoms with Crippen molar-refractivity contribution < 1.29 is 9.53 Å². The van der Waals surface area contributed by atoms with E-state index < -0.39 is 0 Å². The summed E-state index contributed by atoms with van der Waals surface area (Å²) in [4.78, 5) is 16.1. The van der Waals surface area contributed by atoms with Crippen molar-refractivity contribution in [3.05, 3.63) is 21.4 Å². The zero-order valence-corrected chi connectivity index (χ0v) is 13.5. The Bertz CT molecular complexity index is 548. The molecule has 2 rings (SSSR count). The van der Waals surface area contributed by atoms with Crippen LogP contribution in [0.3, 0.4) is 0 Å². The van der Waals surface area contributed by atoms with E-state index in [-0.39, 0.29) is 5.91 Å². The molecule has 1 fully saturated rings. The molecule has 0 aromatic carbocycles. The van der Waals surface area contributed by atoms with Crippen molar-refractivity contribution in [3.63, 3.8) is 0 Å². The van der Waals surface area contributed by atoms with Gasteiger partial charge in [0, 0.05) is 19.7 Å². The number of ether oxygens (including phenoxy) is 1. The van der Waals surface area contributed by atoms with E-state index in [1.807, 2.05) is 24.8 Å². The predicted octanol–water partition coefficient (Wildman–Crippen LogP) is 2.01. The number of likely N-dealkylation sites (tertiary alicyclic amines) is 1. The number of hydrogen-bond donors (Lipinski definition) is 1. The van der Waals surface area contributed by atoms with E-state index in [9.17, 15) is 4.79 Å². The Morgan fingerprint density at radius 3 is 2.86 bits per heavy atom. The van der Waals surface area contributed by atoms with E-state index >= 15 is 0 Å². The average Bonchev–Trinajstić information content (AvgIpc) is 2.86. The standard InChI is InChI=1S/C16H22N2O2S/c1-3-20-13-6-9-18(10-7-13)16(19)15-11-12(2)14(21-15)5-4-8-17/h11,13H,3,6-10,17H2,1-2H3. The molecule has 0 unspecified atom stereocenters. The van der Waals surface area contributed by atoms with Crippen LogP contribution in [0.15, 0.2) is 6.07 Å². The molecule has 0 aliphatic carbocycles. The van der Waals surface area contributed by atoms with Crippen LogP contribution < -0.4 is 5.73 Å². The molecule has 0 spiro atoms. The van der Waals surface area contributed by atoms with Crippen molar-refractivity contribution in [1.29, 1.82) is 0 Å². The zero-order valence-electron chi connectivity index (χ0n) is 12.6. The predicted molar refractivity (Wildman–Crippen MR) is 85.5 cm³/mol. The van der Waals surface area contributed by atoms with Crippen molar-refractivity contribution in [2.24, 2.45) is 5.73 Å². The summed E-state index contributed by atoms with van der Waals surface area (Å²) in [7, 11) is 0. The first kappa shape index (κ1) is 16.0. The summed E-state index contributed by atoms with van der Waals surface area (Å²) >= 11 is 1.46. The number of nitrogens with zero attached hydrogens (tertiary/aromatic N) is 1. The van der Waals surface area contributed by atoms with Crippen molar-refractivity contribution >= 4 is 17.2 Å². The van der Waals surface area contributed by atoms with E-state index in [0.29, 0.717) is 12.6 Å². The number of rotatable bonds is 3. The van der Waals surface area contributed by atoms with Gasteiger partial charge in [-0.05, 0) is 38.3 Å². The third-order valence-electron chi connectivity index (χ3n) is 3.56. The van der Waals surface area contributed by atoms with E-state index in [0.717, 1.165) is 47.9 Å². The van der Waals surface area contributed by atoms with Crippen LogP contribution in [-0.4, -0.2) is 43.2 Å². The van der Waals surface area contributed by atoms with E-state index in [2.05, 4.69) is 11.8 Å². The van der Waals surface area contributed by atoms with Gasteiger partial charge in [0.15, 0.2) is 0 Å². The summed E-state index contributed by atoms with van der Waals surface area (Å²) < 4.78 is 5.62. The normalized spacial score (nSPS) is 15.7. The third kappa shape index (κ3) is 4.07. The summed E-state index contributed by atoms with van der Waals surface area (Å²) in [5.74, 6) is 5.98. The molecule has 1 aliphatic heterocycles. The van der Waals surface area contributed by atoms with Crippen LogP contribution in [0, 0.1) is 18.8 Å². The first-order chi connectivity index (χ1) is 10.2. The van der Waals surface area contributed by atoms with Crippen LogP contribution in [0.2, 0.25) is 0 Å². The summed E-state index contributed by atoms with van der Waals surface area (Å²) in [5, 5.41) is 0. The number of carbonyl (C=O) groups is 1. The Labute approximate surface area is 130 Å². The molecule has 1 aromatic rings. The second kappa shape index (κ2) is 7.60. The summed E-state index contributed by atoms with van der Waals surface area (Å²) in [6.45, 7) is 6.61. The second-order valence-corrected chi connectivity index (χ2v) is 6.13. The molecule has 0 saturated carbocycles. The first-order valence-electron chi connectivity index (χ1n) is 7.36. The van der Waals surface area contributed by atoms with Gasteiger partial charge in [-0.15, -0.1) is 11.3 Å². The van der Waals surface area contributed by atoms with Crippen LogP contribution >= 0.6 is 11.3 Å². The maximum absolute atomic E-state index is 12.5. The number of hydrogen-bond acceptors (Lipinski definition) is 4. The number of aryl methyl sites for hydroxylation is 1. The van der Waals surface area contributed by atoms with Gasteiger partial charge in [-0.1, -0.05) is 11.8 Å². The third-order valence-corrected chi connectivity index (χ3v) is 4.70. The minimum atomic E-state index is 0.110. The van der Waals surface area contributed by atoms with Crippen molar-refractivity contribution in [3.8, 4) is 11.8 Å². The number of thiophene rings is 1. The molecule has 21 heavy (non-hydrogen) atoms. The fourth-order valence-corrected chi connectivity index (χ4v) is 3.48. The van der Waals surface area contributed by atoms with Gasteiger partial charge >= 0.3 is 0 Å². The lowest BCUT2D eigenvalue weighted by molar-refractivity contribution is 0.0147. The molecule has 5 heteroatoms. The minimum Gasteiger partial charge on any atom is -0.378 e. The quantitative estimate of drug-likeness (QED) is 0.869. The summed E-state index contributed by atoms with van der Waals surface area (Å²) in [6, 6.07) is 1.93. The van der Waals surface area contributed by atoms with Crippen molar-refractivity contribution in [2.75, 3.05) is 26.2 Å². The minimum absolute atomic E-state index is 0.110. The lowest BCUT2D eigenvalue weighted by Crippen LogP contribution is -2.40. The highest BCUT2D eigenvalue weighted by atomic mass is 32.1. The van der Waals surface area contributed by atoms with Gasteiger partial charge in [0.05, 0.1) is 22.4 Å². The Morgan fingerprint density at radius 1 is 1.52 bits per heavy atom. The monoisotopic (exact) mass is 306 g/mol. The SMILES string of the molecule is CCOC1CCN(C(=O)c2cc(C)c(C#CCN)s2)CC1. The molecular formula is C16H22N2O2S. The molecule has 0 radical (unpaired) electrons. The number of nitrogens with two attached hydrogens (primary N) is 1. The van der Waals surface area contributed by atoms with Crippen molar-refractivity contribution in [2.45, 2.75) is 32.8 Å². The fraction of sp³-hybridized carbons (Fsp3) is 0.562. The van der Waals surface area contributed by atoms with E-state index in [1.54, 1.807) is 0 Å². The molecule has 2 N–H and O–H groups in total. The van der Waals surface area contributed by atoms with Gasteiger partial charge < -0.3 is 15.4 Å². The first-order valence-corrected chi connectivity index (χ1v) is 8.17. The van der Waals surface area contributed by atoms with Crippen LogP contribution in [0.4, 0.5) is 0 Å². The van der Waals surface area contributed by atoms with E-state index in [1.165, 1.54) is 11.3 Å². The fourth-order valence-electron chi connectivity index (χ4n) is 2.46. The Kier molecular flexibility index (Phi) is 5.80. The van der Waals surface area contributed by atoms with Gasteiger partial charge in [0.1, 0.15) is 0 Å². The molecule has 1 aliphatic rings. The summed E-state index contributed by atoms with van der Waals surface area (Å²) in [6.07, 6.45) is 2.14. The Hall–Kier alpha value is -1.35. The Morgan fingerprint density at radius 2 is 2.24 bits per heavy atom. The highest BCUT2D eigenvalue weighted by molar-refractivity contribution is 7.14. The van der Waals surface area contributed by atoms with E-state index in [4.69, 9.17) is 10.5 Å². The van der Waals surface area contributed by atoms with Gasteiger partial charge in [-0.25, -0.2) is 0 Å². The molecule has 114 valence electrons. The summed E-state index contributed by atoms with van der Waals surface area (Å²) in [5.41, 5.74) is 6.44. The Balaban J connectivity index is 2.01. The molecule has 1 amide bonds. The molecule has 0 atom stereocenters. The maximum atomic E-state index is 12.5. The van der Waals surface area contributed by atoms with Gasteiger partial charge in [0.2, 0.25) is 0 Å². The molecule has 4 nitrogen and oxygen atoms in total. The smallest absolute Gasteiger partial charge is 0.263 e. The number of amides is 1. The van der Waals surface area contributed by atoms with Crippen molar-refractivity contribution in [1.82, 2.24) is 4.90 Å². The van der Waals surface area contributed by atoms with Gasteiger partial charge in [-0.3, -0.25) is 4.79 Å². The van der Waals surface area contributed by atoms with Gasteiger partial charge in [-0.2, -0.15) is 0 Å². The topological polar surface area (TPSA) is 55.6 Å². The second-order valence-electron chi connectivity index (χ2n) is 5.08. The largest absolute Gasteiger partial charge is 0.378 e. The highest BCUT2D eigenvalue weighted by Gasteiger charge is 2.25. The van der Waals surface area contributed by atoms with Crippen LogP contribution in [-0.2, 0) is 4.74 Å². The zero-order chi connectivity index (χ0) is 15.2. The number of carbonyl (C=O) groups excluding carboxylic acids is 1. The van der Waals surface area contributed by atoms with Crippen LogP contribution in [0.5, 0.6) is 0 Å². The average molecular weight is 306 g/mol. The molecule has 1 saturated heterocycles. The van der Waals surface area contributed by atoms with Gasteiger partial charge in [0.25, 0.3) is 5.91 Å². The number of piperidine rings is 1.